The highest BCUT2D eigenvalue weighted by atomic mass is 16.5. The number of rotatable bonds is 3. The fourth-order valence-corrected chi connectivity index (χ4v) is 3.36. The summed E-state index contributed by atoms with van der Waals surface area (Å²) in [5.41, 5.74) is 0.191. The van der Waals surface area contributed by atoms with Crippen molar-refractivity contribution in [2.45, 2.75) is 0 Å². The molecule has 7 heteroatoms. The van der Waals surface area contributed by atoms with Crippen molar-refractivity contribution in [1.82, 2.24) is 9.55 Å². The summed E-state index contributed by atoms with van der Waals surface area (Å²) < 4.78 is 11.0. The summed E-state index contributed by atoms with van der Waals surface area (Å²) in [5.74, 6) is -0.791. The lowest BCUT2D eigenvalue weighted by Gasteiger charge is -2.14. The first-order valence-corrected chi connectivity index (χ1v) is 8.76. The second-order valence-electron chi connectivity index (χ2n) is 6.29. The minimum atomic E-state index is -0.564. The quantitative estimate of drug-likeness (QED) is 0.501. The number of ether oxygens (including phenoxy) is 2. The van der Waals surface area contributed by atoms with E-state index in [9.17, 15) is 14.4 Å². The lowest BCUT2D eigenvalue weighted by molar-refractivity contribution is 0.0593. The van der Waals surface area contributed by atoms with Crippen LogP contribution in [0.4, 0.5) is 0 Å². The van der Waals surface area contributed by atoms with Crippen molar-refractivity contribution in [3.8, 4) is 5.82 Å². The van der Waals surface area contributed by atoms with Crippen LogP contribution in [-0.4, -0.2) is 35.7 Å². The van der Waals surface area contributed by atoms with Gasteiger partial charge in [0.25, 0.3) is 5.56 Å². The van der Waals surface area contributed by atoms with E-state index in [-0.39, 0.29) is 16.7 Å². The summed E-state index contributed by atoms with van der Waals surface area (Å²) in [6.07, 6.45) is 2.78. The molecule has 0 aliphatic heterocycles. The van der Waals surface area contributed by atoms with Crippen LogP contribution < -0.4 is 5.56 Å². The molecular formula is C22H16N2O5. The fourth-order valence-electron chi connectivity index (χ4n) is 3.36. The molecule has 0 spiro atoms. The van der Waals surface area contributed by atoms with Gasteiger partial charge in [-0.3, -0.25) is 9.36 Å². The molecule has 4 aromatic rings. The predicted octanol–water partition coefficient (Wildman–Crippen LogP) is 3.11. The van der Waals surface area contributed by atoms with Crippen molar-refractivity contribution in [3.05, 3.63) is 82.4 Å². The van der Waals surface area contributed by atoms with E-state index in [1.807, 2.05) is 0 Å². The van der Waals surface area contributed by atoms with Crippen molar-refractivity contribution in [2.75, 3.05) is 14.2 Å². The number of hydrogen-bond acceptors (Lipinski definition) is 6. The number of carbonyl (C=O) groups is 2. The molecule has 0 atom stereocenters. The Bertz CT molecular complexity index is 1340. The lowest BCUT2D eigenvalue weighted by Crippen LogP contribution is -2.22. The summed E-state index contributed by atoms with van der Waals surface area (Å²) >= 11 is 0. The van der Waals surface area contributed by atoms with Gasteiger partial charge >= 0.3 is 11.9 Å². The van der Waals surface area contributed by atoms with Crippen LogP contribution in [0.1, 0.15) is 20.7 Å². The van der Waals surface area contributed by atoms with Gasteiger partial charge < -0.3 is 9.47 Å². The van der Waals surface area contributed by atoms with Crippen LogP contribution in [0.15, 0.2) is 65.7 Å². The average molecular weight is 388 g/mol. The molecule has 0 fully saturated rings. The molecule has 2 aromatic heterocycles. The van der Waals surface area contributed by atoms with Crippen LogP contribution in [0.25, 0.3) is 27.4 Å². The van der Waals surface area contributed by atoms with Gasteiger partial charge in [-0.25, -0.2) is 14.6 Å². The number of pyridine rings is 2. The van der Waals surface area contributed by atoms with Crippen LogP contribution in [0.5, 0.6) is 0 Å². The van der Waals surface area contributed by atoms with E-state index < -0.39 is 11.9 Å². The highest BCUT2D eigenvalue weighted by Gasteiger charge is 2.19. The number of esters is 2. The third kappa shape index (κ3) is 2.93. The summed E-state index contributed by atoms with van der Waals surface area (Å²) in [5, 5.41) is 2.02. The Balaban J connectivity index is 2.10. The van der Waals surface area contributed by atoms with Gasteiger partial charge in [-0.1, -0.05) is 42.5 Å². The van der Waals surface area contributed by atoms with E-state index in [0.717, 1.165) is 0 Å². The van der Waals surface area contributed by atoms with Crippen LogP contribution in [0.3, 0.4) is 0 Å². The van der Waals surface area contributed by atoms with Gasteiger partial charge in [-0.15, -0.1) is 0 Å². The third-order valence-electron chi connectivity index (χ3n) is 4.74. The largest absolute Gasteiger partial charge is 0.465 e. The Labute approximate surface area is 165 Å². The Morgan fingerprint density at radius 3 is 1.93 bits per heavy atom. The van der Waals surface area contributed by atoms with E-state index in [1.54, 1.807) is 48.5 Å². The van der Waals surface area contributed by atoms with Crippen molar-refractivity contribution in [1.29, 1.82) is 0 Å². The average Bonchev–Trinajstić information content (AvgIpc) is 2.78. The van der Waals surface area contributed by atoms with Crippen molar-refractivity contribution in [2.24, 2.45) is 0 Å². The first kappa shape index (κ1) is 18.4. The molecule has 0 saturated heterocycles. The zero-order valence-corrected chi connectivity index (χ0v) is 15.7. The maximum absolute atomic E-state index is 13.2. The smallest absolute Gasteiger partial charge is 0.340 e. The van der Waals surface area contributed by atoms with E-state index in [2.05, 4.69) is 4.98 Å². The number of carbonyl (C=O) groups excluding carboxylic acids is 2. The molecule has 0 bridgehead atoms. The summed E-state index contributed by atoms with van der Waals surface area (Å²) in [6, 6.07) is 13.9. The van der Waals surface area contributed by atoms with E-state index in [1.165, 1.54) is 31.2 Å². The molecule has 0 saturated carbocycles. The SMILES string of the molecule is COC(=O)c1cnc(-n2cc(C(=O)OC)c3ccccc3c2=O)c2ccccc12. The van der Waals surface area contributed by atoms with Crippen molar-refractivity contribution >= 4 is 33.5 Å². The topological polar surface area (TPSA) is 87.5 Å². The Hall–Kier alpha value is -4.00. The molecular weight excluding hydrogens is 372 g/mol. The monoisotopic (exact) mass is 388 g/mol. The number of nitrogens with zero attached hydrogens (tertiary/aromatic N) is 2. The number of hydrogen-bond donors (Lipinski definition) is 0. The molecule has 29 heavy (non-hydrogen) atoms. The van der Waals surface area contributed by atoms with Crippen LogP contribution >= 0.6 is 0 Å². The van der Waals surface area contributed by atoms with Crippen molar-refractivity contribution in [3.63, 3.8) is 0 Å². The first-order valence-electron chi connectivity index (χ1n) is 8.76. The molecule has 4 rings (SSSR count). The third-order valence-corrected chi connectivity index (χ3v) is 4.74. The van der Waals surface area contributed by atoms with E-state index in [0.29, 0.717) is 27.4 Å². The summed E-state index contributed by atoms with van der Waals surface area (Å²) in [7, 11) is 2.58. The molecule has 0 amide bonds. The molecule has 0 N–H and O–H groups in total. The van der Waals surface area contributed by atoms with Gasteiger partial charge in [0.2, 0.25) is 0 Å². The minimum absolute atomic E-state index is 0.241. The highest BCUT2D eigenvalue weighted by Crippen LogP contribution is 2.25. The van der Waals surface area contributed by atoms with Gasteiger partial charge in [-0.2, -0.15) is 0 Å². The van der Waals surface area contributed by atoms with Crippen LogP contribution in [-0.2, 0) is 9.47 Å². The van der Waals surface area contributed by atoms with Gasteiger partial charge in [0.1, 0.15) is 5.82 Å². The van der Waals surface area contributed by atoms with Crippen LogP contribution in [0, 0.1) is 0 Å². The molecule has 144 valence electrons. The molecule has 0 aliphatic rings. The molecule has 0 aliphatic carbocycles. The molecule has 2 heterocycles. The van der Waals surface area contributed by atoms with Gasteiger partial charge in [0.15, 0.2) is 0 Å². The van der Waals surface area contributed by atoms with Gasteiger partial charge in [0.05, 0.1) is 25.3 Å². The second kappa shape index (κ2) is 7.20. The van der Waals surface area contributed by atoms with Gasteiger partial charge in [-0.05, 0) is 6.07 Å². The maximum Gasteiger partial charge on any atom is 0.340 e. The summed E-state index contributed by atoms with van der Waals surface area (Å²) in [4.78, 5) is 42.0. The zero-order valence-electron chi connectivity index (χ0n) is 15.7. The Morgan fingerprint density at radius 1 is 0.793 bits per heavy atom. The van der Waals surface area contributed by atoms with E-state index >= 15 is 0 Å². The zero-order chi connectivity index (χ0) is 20.5. The molecule has 2 aromatic carbocycles. The predicted molar refractivity (Wildman–Crippen MR) is 108 cm³/mol. The maximum atomic E-state index is 13.2. The lowest BCUT2D eigenvalue weighted by atomic mass is 10.1. The Kier molecular flexibility index (Phi) is 4.56. The molecule has 7 nitrogen and oxygen atoms in total. The second-order valence-corrected chi connectivity index (χ2v) is 6.29. The molecule has 0 radical (unpaired) electrons. The number of benzene rings is 2. The van der Waals surface area contributed by atoms with Gasteiger partial charge in [0, 0.05) is 33.9 Å². The van der Waals surface area contributed by atoms with E-state index in [4.69, 9.17) is 9.47 Å². The highest BCUT2D eigenvalue weighted by molar-refractivity contribution is 6.07. The number of fused-ring (bicyclic) bond motifs is 2. The minimum Gasteiger partial charge on any atom is -0.465 e. The first-order chi connectivity index (χ1) is 14.1. The fraction of sp³-hybridized carbons (Fsp3) is 0.0909. The normalized spacial score (nSPS) is 10.8. The number of methoxy groups -OCH3 is 2. The number of aromatic nitrogens is 2. The molecule has 0 unspecified atom stereocenters. The van der Waals surface area contributed by atoms with Crippen molar-refractivity contribution < 1.29 is 19.1 Å². The van der Waals surface area contributed by atoms with Crippen LogP contribution in [0.2, 0.25) is 0 Å². The Morgan fingerprint density at radius 2 is 1.31 bits per heavy atom. The standard InChI is InChI=1S/C22H16N2O5/c1-28-21(26)17-11-23-19(15-9-5-3-7-13(15)17)24-12-18(22(27)29-2)14-8-4-6-10-16(14)20(24)25/h3-12H,1-2H3. The summed E-state index contributed by atoms with van der Waals surface area (Å²) in [6.45, 7) is 0.